The van der Waals surface area contributed by atoms with E-state index in [1.165, 1.54) is 12.1 Å². The summed E-state index contributed by atoms with van der Waals surface area (Å²) in [7, 11) is 0. The predicted molar refractivity (Wildman–Crippen MR) is 83.0 cm³/mol. The van der Waals surface area contributed by atoms with Crippen molar-refractivity contribution in [3.63, 3.8) is 0 Å². The first-order valence-corrected chi connectivity index (χ1v) is 7.39. The van der Waals surface area contributed by atoms with Gasteiger partial charge in [0.15, 0.2) is 0 Å². The molecule has 0 saturated carbocycles. The van der Waals surface area contributed by atoms with Crippen molar-refractivity contribution in [3.8, 4) is 11.5 Å². The highest BCUT2D eigenvalue weighted by Gasteiger charge is 2.10. The second kappa shape index (κ2) is 7.07. The Kier molecular flexibility index (Phi) is 5.40. The van der Waals surface area contributed by atoms with Crippen LogP contribution >= 0.6 is 27.5 Å². The van der Waals surface area contributed by atoms with Crippen LogP contribution in [0.5, 0.6) is 11.5 Å². The Labute approximate surface area is 131 Å². The van der Waals surface area contributed by atoms with Crippen LogP contribution < -0.4 is 10.1 Å². The molecule has 0 aromatic heterocycles. The van der Waals surface area contributed by atoms with Crippen molar-refractivity contribution in [2.75, 3.05) is 6.54 Å². The number of benzene rings is 2. The lowest BCUT2D eigenvalue weighted by Crippen LogP contribution is -2.12. The van der Waals surface area contributed by atoms with Crippen molar-refractivity contribution < 1.29 is 9.13 Å². The minimum atomic E-state index is -0.357. The third-order valence-electron chi connectivity index (χ3n) is 2.69. The molecular formula is C15H14BrClFNO. The molecule has 106 valence electrons. The largest absolute Gasteiger partial charge is 0.457 e. The summed E-state index contributed by atoms with van der Waals surface area (Å²) in [5, 5.41) is 3.83. The van der Waals surface area contributed by atoms with E-state index in [0.717, 1.165) is 12.1 Å². The Balaban J connectivity index is 2.30. The minimum Gasteiger partial charge on any atom is -0.457 e. The van der Waals surface area contributed by atoms with Gasteiger partial charge in [-0.3, -0.25) is 0 Å². The van der Waals surface area contributed by atoms with Crippen LogP contribution in [0.4, 0.5) is 4.39 Å². The molecule has 0 aliphatic heterocycles. The lowest BCUT2D eigenvalue weighted by Gasteiger charge is -2.13. The van der Waals surface area contributed by atoms with E-state index in [1.54, 1.807) is 12.1 Å². The summed E-state index contributed by atoms with van der Waals surface area (Å²) >= 11 is 9.43. The van der Waals surface area contributed by atoms with Crippen LogP contribution in [0.3, 0.4) is 0 Å². The van der Waals surface area contributed by atoms with Crippen molar-refractivity contribution in [1.29, 1.82) is 0 Å². The summed E-state index contributed by atoms with van der Waals surface area (Å²) in [6.07, 6.45) is 0. The fourth-order valence-corrected chi connectivity index (χ4v) is 2.45. The Bertz CT molecular complexity index is 586. The standard InChI is InChI=1S/C15H14BrClFNO/c1-2-19-9-13-14(17)4-3-5-15(13)20-12-7-10(16)6-11(18)8-12/h3-8,19H,2,9H2,1H3. The summed E-state index contributed by atoms with van der Waals surface area (Å²) in [6.45, 7) is 3.44. The average Bonchev–Trinajstić information content (AvgIpc) is 2.37. The Morgan fingerprint density at radius 3 is 2.80 bits per heavy atom. The summed E-state index contributed by atoms with van der Waals surface area (Å²) in [5.74, 6) is 0.692. The topological polar surface area (TPSA) is 21.3 Å². The third kappa shape index (κ3) is 3.95. The first kappa shape index (κ1) is 15.3. The molecule has 2 aromatic rings. The van der Waals surface area contributed by atoms with E-state index in [1.807, 2.05) is 19.1 Å². The van der Waals surface area contributed by atoms with Crippen molar-refractivity contribution in [1.82, 2.24) is 5.32 Å². The molecular weight excluding hydrogens is 345 g/mol. The monoisotopic (exact) mass is 357 g/mol. The van der Waals surface area contributed by atoms with Gasteiger partial charge in [-0.2, -0.15) is 0 Å². The van der Waals surface area contributed by atoms with Gasteiger partial charge in [0.1, 0.15) is 17.3 Å². The molecule has 0 radical (unpaired) electrons. The van der Waals surface area contributed by atoms with Crippen LogP contribution in [0.1, 0.15) is 12.5 Å². The summed E-state index contributed by atoms with van der Waals surface area (Å²) in [5.41, 5.74) is 0.858. The maximum atomic E-state index is 13.4. The molecule has 5 heteroatoms. The average molecular weight is 359 g/mol. The molecule has 0 heterocycles. The molecule has 0 atom stereocenters. The molecule has 2 aromatic carbocycles. The number of hydrogen-bond acceptors (Lipinski definition) is 2. The molecule has 0 amide bonds. The van der Waals surface area contributed by atoms with Crippen LogP contribution in [0.2, 0.25) is 5.02 Å². The van der Waals surface area contributed by atoms with Crippen LogP contribution in [0.25, 0.3) is 0 Å². The van der Waals surface area contributed by atoms with Gasteiger partial charge >= 0.3 is 0 Å². The number of rotatable bonds is 5. The summed E-state index contributed by atoms with van der Waals surface area (Å²) in [6, 6.07) is 9.86. The van der Waals surface area contributed by atoms with Gasteiger partial charge in [0, 0.05) is 27.7 Å². The van der Waals surface area contributed by atoms with E-state index in [-0.39, 0.29) is 5.82 Å². The maximum absolute atomic E-state index is 13.4. The molecule has 0 spiro atoms. The van der Waals surface area contributed by atoms with Gasteiger partial charge in [-0.15, -0.1) is 0 Å². The quantitative estimate of drug-likeness (QED) is 0.798. The van der Waals surface area contributed by atoms with Gasteiger partial charge < -0.3 is 10.1 Å². The first-order valence-electron chi connectivity index (χ1n) is 6.22. The lowest BCUT2D eigenvalue weighted by atomic mass is 10.2. The zero-order valence-corrected chi connectivity index (χ0v) is 13.3. The van der Waals surface area contributed by atoms with Crippen LogP contribution in [-0.4, -0.2) is 6.54 Å². The second-order valence-electron chi connectivity index (χ2n) is 4.20. The van der Waals surface area contributed by atoms with E-state index >= 15 is 0 Å². The molecule has 0 aliphatic rings. The molecule has 2 nitrogen and oxygen atoms in total. The SMILES string of the molecule is CCNCc1c(Cl)cccc1Oc1cc(F)cc(Br)c1. The summed E-state index contributed by atoms with van der Waals surface area (Å²) < 4.78 is 19.7. The Hall–Kier alpha value is -1.10. The smallest absolute Gasteiger partial charge is 0.133 e. The van der Waals surface area contributed by atoms with E-state index in [2.05, 4.69) is 21.2 Å². The van der Waals surface area contributed by atoms with Crippen molar-refractivity contribution in [2.24, 2.45) is 0 Å². The van der Waals surface area contributed by atoms with Crippen molar-refractivity contribution >= 4 is 27.5 Å². The number of ether oxygens (including phenoxy) is 1. The Morgan fingerprint density at radius 1 is 1.30 bits per heavy atom. The van der Waals surface area contributed by atoms with E-state index in [9.17, 15) is 4.39 Å². The number of nitrogens with one attached hydrogen (secondary N) is 1. The molecule has 0 aliphatic carbocycles. The highest BCUT2D eigenvalue weighted by Crippen LogP contribution is 2.32. The highest BCUT2D eigenvalue weighted by molar-refractivity contribution is 9.10. The van der Waals surface area contributed by atoms with Crippen LogP contribution in [0, 0.1) is 5.82 Å². The lowest BCUT2D eigenvalue weighted by molar-refractivity contribution is 0.467. The van der Waals surface area contributed by atoms with Crippen LogP contribution in [0.15, 0.2) is 40.9 Å². The second-order valence-corrected chi connectivity index (χ2v) is 5.53. The molecule has 20 heavy (non-hydrogen) atoms. The summed E-state index contributed by atoms with van der Waals surface area (Å²) in [4.78, 5) is 0. The maximum Gasteiger partial charge on any atom is 0.133 e. The molecule has 0 bridgehead atoms. The van der Waals surface area contributed by atoms with Gasteiger partial charge in [-0.1, -0.05) is 40.5 Å². The zero-order valence-electron chi connectivity index (χ0n) is 10.9. The highest BCUT2D eigenvalue weighted by atomic mass is 79.9. The number of halogens is 3. The van der Waals surface area contributed by atoms with Gasteiger partial charge in [-0.25, -0.2) is 4.39 Å². The normalized spacial score (nSPS) is 10.6. The molecule has 1 N–H and O–H groups in total. The predicted octanol–water partition coefficient (Wildman–Crippen LogP) is 5.14. The van der Waals surface area contributed by atoms with E-state index in [0.29, 0.717) is 27.5 Å². The van der Waals surface area contributed by atoms with E-state index in [4.69, 9.17) is 16.3 Å². The first-order chi connectivity index (χ1) is 9.60. The van der Waals surface area contributed by atoms with Crippen molar-refractivity contribution in [2.45, 2.75) is 13.5 Å². The van der Waals surface area contributed by atoms with Crippen LogP contribution in [-0.2, 0) is 6.54 Å². The molecule has 0 saturated heterocycles. The Morgan fingerprint density at radius 2 is 2.10 bits per heavy atom. The number of hydrogen-bond donors (Lipinski definition) is 1. The zero-order chi connectivity index (χ0) is 14.5. The van der Waals surface area contributed by atoms with Gasteiger partial charge in [0.2, 0.25) is 0 Å². The van der Waals surface area contributed by atoms with Gasteiger partial charge in [0.05, 0.1) is 0 Å². The third-order valence-corrected chi connectivity index (χ3v) is 3.50. The van der Waals surface area contributed by atoms with Crippen molar-refractivity contribution in [3.05, 3.63) is 57.3 Å². The fourth-order valence-electron chi connectivity index (χ4n) is 1.77. The van der Waals surface area contributed by atoms with E-state index < -0.39 is 0 Å². The minimum absolute atomic E-state index is 0.357. The fraction of sp³-hybridized carbons (Fsp3) is 0.200. The van der Waals surface area contributed by atoms with Gasteiger partial charge in [-0.05, 0) is 30.8 Å². The van der Waals surface area contributed by atoms with Gasteiger partial charge in [0.25, 0.3) is 0 Å². The molecule has 2 rings (SSSR count). The molecule has 0 fully saturated rings. The molecule has 0 unspecified atom stereocenters.